The standard InChI is InChI=1S/C19H22ClN5O2/c1-12-5-6-13(18(26)21-2)10-15(12)22-19(27)14-4-3-9-25(11-14)17-8-7-16(20)23-24-17/h5-8,10,14H,3-4,9,11H2,1-2H3,(H,21,26)(H,22,27)/t14-/m0/s1. The van der Waals surface area contributed by atoms with E-state index in [4.69, 9.17) is 11.6 Å². The third-order valence-corrected chi connectivity index (χ3v) is 4.92. The third kappa shape index (κ3) is 4.54. The fraction of sp³-hybridized carbons (Fsp3) is 0.368. The van der Waals surface area contributed by atoms with E-state index in [9.17, 15) is 9.59 Å². The third-order valence-electron chi connectivity index (χ3n) is 4.72. The molecule has 1 aliphatic heterocycles. The summed E-state index contributed by atoms with van der Waals surface area (Å²) in [6.45, 7) is 3.29. The zero-order chi connectivity index (χ0) is 19.4. The number of halogens is 1. The van der Waals surface area contributed by atoms with Crippen LogP contribution in [0.2, 0.25) is 5.15 Å². The van der Waals surface area contributed by atoms with Crippen LogP contribution in [0.3, 0.4) is 0 Å². The lowest BCUT2D eigenvalue weighted by Crippen LogP contribution is -2.41. The summed E-state index contributed by atoms with van der Waals surface area (Å²) < 4.78 is 0. The van der Waals surface area contributed by atoms with Gasteiger partial charge in [-0.2, -0.15) is 0 Å². The normalized spacial score (nSPS) is 16.7. The molecule has 0 radical (unpaired) electrons. The number of aromatic nitrogens is 2. The van der Waals surface area contributed by atoms with Crippen molar-refractivity contribution in [3.8, 4) is 0 Å². The van der Waals surface area contributed by atoms with Gasteiger partial charge in [0.2, 0.25) is 5.91 Å². The Morgan fingerprint density at radius 2 is 2.04 bits per heavy atom. The van der Waals surface area contributed by atoms with Crippen LogP contribution in [0.25, 0.3) is 0 Å². The molecule has 3 rings (SSSR count). The first-order valence-corrected chi connectivity index (χ1v) is 9.23. The number of hydrogen-bond acceptors (Lipinski definition) is 5. The summed E-state index contributed by atoms with van der Waals surface area (Å²) in [4.78, 5) is 26.7. The van der Waals surface area contributed by atoms with E-state index in [0.717, 1.165) is 30.8 Å². The Morgan fingerprint density at radius 1 is 1.22 bits per heavy atom. The van der Waals surface area contributed by atoms with Crippen LogP contribution in [-0.2, 0) is 4.79 Å². The Labute approximate surface area is 163 Å². The number of piperidine rings is 1. The maximum atomic E-state index is 12.8. The van der Waals surface area contributed by atoms with Crippen molar-refractivity contribution in [1.82, 2.24) is 15.5 Å². The van der Waals surface area contributed by atoms with Gasteiger partial charge in [-0.25, -0.2) is 0 Å². The van der Waals surface area contributed by atoms with Gasteiger partial charge in [0.25, 0.3) is 5.91 Å². The number of carbonyl (C=O) groups excluding carboxylic acids is 2. The Kier molecular flexibility index (Phi) is 5.91. The molecule has 2 amide bonds. The number of aryl methyl sites for hydroxylation is 1. The van der Waals surface area contributed by atoms with Crippen LogP contribution >= 0.6 is 11.6 Å². The van der Waals surface area contributed by atoms with Crippen LogP contribution in [0.4, 0.5) is 11.5 Å². The Hall–Kier alpha value is -2.67. The van der Waals surface area contributed by atoms with Crippen LogP contribution in [0.1, 0.15) is 28.8 Å². The predicted molar refractivity (Wildman–Crippen MR) is 105 cm³/mol. The number of rotatable bonds is 4. The van der Waals surface area contributed by atoms with E-state index in [1.165, 1.54) is 0 Å². The molecule has 2 heterocycles. The maximum Gasteiger partial charge on any atom is 0.251 e. The Bertz CT molecular complexity index is 840. The number of hydrogen-bond donors (Lipinski definition) is 2. The van der Waals surface area contributed by atoms with Crippen LogP contribution in [0.15, 0.2) is 30.3 Å². The van der Waals surface area contributed by atoms with Crippen molar-refractivity contribution in [1.29, 1.82) is 0 Å². The largest absolute Gasteiger partial charge is 0.355 e. The smallest absolute Gasteiger partial charge is 0.251 e. The average molecular weight is 388 g/mol. The molecule has 8 heteroatoms. The van der Waals surface area contributed by atoms with Gasteiger partial charge < -0.3 is 15.5 Å². The van der Waals surface area contributed by atoms with E-state index in [-0.39, 0.29) is 17.7 Å². The van der Waals surface area contributed by atoms with Gasteiger partial charge in [-0.3, -0.25) is 9.59 Å². The SMILES string of the molecule is CNC(=O)c1ccc(C)c(NC(=O)[C@H]2CCCN(c3ccc(Cl)nn3)C2)c1. The quantitative estimate of drug-likeness (QED) is 0.842. The average Bonchev–Trinajstić information content (AvgIpc) is 2.69. The van der Waals surface area contributed by atoms with Gasteiger partial charge in [-0.15, -0.1) is 10.2 Å². The summed E-state index contributed by atoms with van der Waals surface area (Å²) in [6, 6.07) is 8.78. The molecule has 0 saturated carbocycles. The van der Waals surface area contributed by atoms with Crippen molar-refractivity contribution in [3.05, 3.63) is 46.6 Å². The fourth-order valence-electron chi connectivity index (χ4n) is 3.15. The van der Waals surface area contributed by atoms with E-state index < -0.39 is 0 Å². The van der Waals surface area contributed by atoms with Crippen molar-refractivity contribution < 1.29 is 9.59 Å². The van der Waals surface area contributed by atoms with E-state index in [1.807, 2.05) is 24.0 Å². The van der Waals surface area contributed by atoms with Crippen LogP contribution in [-0.4, -0.2) is 42.1 Å². The lowest BCUT2D eigenvalue weighted by molar-refractivity contribution is -0.120. The molecule has 2 N–H and O–H groups in total. The maximum absolute atomic E-state index is 12.8. The van der Waals surface area contributed by atoms with Gasteiger partial charge >= 0.3 is 0 Å². The van der Waals surface area contributed by atoms with Gasteiger partial charge in [-0.1, -0.05) is 17.7 Å². The summed E-state index contributed by atoms with van der Waals surface area (Å²) in [5.41, 5.74) is 2.08. The lowest BCUT2D eigenvalue weighted by atomic mass is 9.96. The summed E-state index contributed by atoms with van der Waals surface area (Å²) in [6.07, 6.45) is 1.69. The first kappa shape index (κ1) is 19.1. The second-order valence-electron chi connectivity index (χ2n) is 6.60. The minimum absolute atomic E-state index is 0.0567. The molecule has 1 saturated heterocycles. The van der Waals surface area contributed by atoms with Gasteiger partial charge in [0.1, 0.15) is 0 Å². The zero-order valence-electron chi connectivity index (χ0n) is 15.3. The monoisotopic (exact) mass is 387 g/mol. The van der Waals surface area contributed by atoms with Crippen molar-refractivity contribution in [2.45, 2.75) is 19.8 Å². The summed E-state index contributed by atoms with van der Waals surface area (Å²) in [7, 11) is 1.58. The van der Waals surface area contributed by atoms with Crippen molar-refractivity contribution in [2.75, 3.05) is 30.4 Å². The number of carbonyl (C=O) groups is 2. The molecule has 2 aromatic rings. The predicted octanol–water partition coefficient (Wildman–Crippen LogP) is 2.65. The molecule has 142 valence electrons. The zero-order valence-corrected chi connectivity index (χ0v) is 16.1. The number of nitrogens with one attached hydrogen (secondary N) is 2. The lowest BCUT2D eigenvalue weighted by Gasteiger charge is -2.32. The molecule has 1 aliphatic rings. The van der Waals surface area contributed by atoms with E-state index in [1.54, 1.807) is 25.2 Å². The molecule has 27 heavy (non-hydrogen) atoms. The molecule has 0 spiro atoms. The number of benzene rings is 1. The summed E-state index contributed by atoms with van der Waals surface area (Å²) in [5, 5.41) is 13.9. The molecule has 0 aliphatic carbocycles. The van der Waals surface area contributed by atoms with E-state index >= 15 is 0 Å². The van der Waals surface area contributed by atoms with Crippen molar-refractivity contribution >= 4 is 34.9 Å². The summed E-state index contributed by atoms with van der Waals surface area (Å²) in [5.74, 6) is 0.309. The van der Waals surface area contributed by atoms with Gasteiger partial charge in [0.15, 0.2) is 11.0 Å². The van der Waals surface area contributed by atoms with Crippen molar-refractivity contribution in [2.24, 2.45) is 5.92 Å². The van der Waals surface area contributed by atoms with Crippen LogP contribution in [0, 0.1) is 12.8 Å². The first-order chi connectivity index (χ1) is 13.0. The number of anilines is 2. The molecule has 1 aromatic heterocycles. The molecule has 7 nitrogen and oxygen atoms in total. The van der Waals surface area contributed by atoms with Gasteiger partial charge in [0.05, 0.1) is 5.92 Å². The molecule has 1 aromatic carbocycles. The molecule has 0 bridgehead atoms. The highest BCUT2D eigenvalue weighted by atomic mass is 35.5. The van der Waals surface area contributed by atoms with E-state index in [0.29, 0.717) is 22.9 Å². The first-order valence-electron chi connectivity index (χ1n) is 8.85. The highest BCUT2D eigenvalue weighted by molar-refractivity contribution is 6.29. The molecule has 1 atom stereocenters. The molecule has 0 unspecified atom stereocenters. The topological polar surface area (TPSA) is 87.2 Å². The Morgan fingerprint density at radius 3 is 2.74 bits per heavy atom. The summed E-state index contributed by atoms with van der Waals surface area (Å²) >= 11 is 5.80. The number of amides is 2. The van der Waals surface area contributed by atoms with Crippen LogP contribution < -0.4 is 15.5 Å². The second kappa shape index (κ2) is 8.35. The van der Waals surface area contributed by atoms with Gasteiger partial charge in [0, 0.05) is 31.4 Å². The molecular formula is C19H22ClN5O2. The highest BCUT2D eigenvalue weighted by Gasteiger charge is 2.27. The van der Waals surface area contributed by atoms with Crippen LogP contribution in [0.5, 0.6) is 0 Å². The minimum atomic E-state index is -0.185. The van der Waals surface area contributed by atoms with E-state index in [2.05, 4.69) is 20.8 Å². The fourth-order valence-corrected chi connectivity index (χ4v) is 3.25. The molecule has 1 fully saturated rings. The Balaban J connectivity index is 1.70. The second-order valence-corrected chi connectivity index (χ2v) is 6.98. The van der Waals surface area contributed by atoms with Gasteiger partial charge in [-0.05, 0) is 49.6 Å². The minimum Gasteiger partial charge on any atom is -0.355 e. The highest BCUT2D eigenvalue weighted by Crippen LogP contribution is 2.24. The molecular weight excluding hydrogens is 366 g/mol. The number of nitrogens with zero attached hydrogens (tertiary/aromatic N) is 3. The van der Waals surface area contributed by atoms with Crippen molar-refractivity contribution in [3.63, 3.8) is 0 Å².